The van der Waals surface area contributed by atoms with Gasteiger partial charge in [0.25, 0.3) is 0 Å². The van der Waals surface area contributed by atoms with Crippen molar-refractivity contribution < 1.29 is 14.2 Å². The maximum absolute atomic E-state index is 6.02. The normalized spacial score (nSPS) is 29.3. The Bertz CT molecular complexity index is 468. The third-order valence-corrected chi connectivity index (χ3v) is 4.09. The number of ether oxygens (including phenoxy) is 3. The lowest BCUT2D eigenvalue weighted by atomic mass is 9.91. The van der Waals surface area contributed by atoms with Crippen molar-refractivity contribution in [3.63, 3.8) is 0 Å². The van der Waals surface area contributed by atoms with Crippen LogP contribution in [0.2, 0.25) is 0 Å². The van der Waals surface area contributed by atoms with Crippen LogP contribution in [-0.2, 0) is 11.2 Å². The smallest absolute Gasteiger partial charge is 0.231 e. The Balaban J connectivity index is 1.79. The minimum absolute atomic E-state index is 0.118. The van der Waals surface area contributed by atoms with E-state index in [4.69, 9.17) is 14.2 Å². The highest BCUT2D eigenvalue weighted by Crippen LogP contribution is 2.45. The van der Waals surface area contributed by atoms with Crippen molar-refractivity contribution in [3.05, 3.63) is 23.3 Å². The van der Waals surface area contributed by atoms with Gasteiger partial charge in [-0.25, -0.2) is 0 Å². The molecule has 3 heterocycles. The van der Waals surface area contributed by atoms with Crippen LogP contribution in [0.1, 0.15) is 30.1 Å². The molecule has 3 aliphatic heterocycles. The summed E-state index contributed by atoms with van der Waals surface area (Å²) in [7, 11) is 0. The summed E-state index contributed by atoms with van der Waals surface area (Å²) in [6.07, 6.45) is 3.49. The summed E-state index contributed by atoms with van der Waals surface area (Å²) in [6, 6.07) is 4.60. The molecule has 0 radical (unpaired) electrons. The third kappa shape index (κ3) is 1.52. The van der Waals surface area contributed by atoms with E-state index in [0.717, 1.165) is 31.1 Å². The Hall–Kier alpha value is -1.26. The molecule has 1 aromatic carbocycles. The van der Waals surface area contributed by atoms with Gasteiger partial charge >= 0.3 is 0 Å². The SMILES string of the molecule is c1cc2c(c3c1CCO[C@H]3[C@@H]1CCCN1)OCO2. The van der Waals surface area contributed by atoms with E-state index in [-0.39, 0.29) is 6.10 Å². The van der Waals surface area contributed by atoms with Crippen LogP contribution in [0.15, 0.2) is 12.1 Å². The van der Waals surface area contributed by atoms with Crippen LogP contribution >= 0.6 is 0 Å². The highest BCUT2D eigenvalue weighted by molar-refractivity contribution is 5.54. The Morgan fingerprint density at radius 3 is 3.11 bits per heavy atom. The molecule has 1 N–H and O–H groups in total. The van der Waals surface area contributed by atoms with Crippen molar-refractivity contribution >= 4 is 0 Å². The van der Waals surface area contributed by atoms with Crippen molar-refractivity contribution in [2.24, 2.45) is 0 Å². The van der Waals surface area contributed by atoms with Crippen LogP contribution in [0, 0.1) is 0 Å². The van der Waals surface area contributed by atoms with Crippen molar-refractivity contribution in [2.45, 2.75) is 31.4 Å². The molecule has 1 fully saturated rings. The van der Waals surface area contributed by atoms with Gasteiger partial charge in [0.15, 0.2) is 11.5 Å². The molecule has 18 heavy (non-hydrogen) atoms. The summed E-state index contributed by atoms with van der Waals surface area (Å²) in [5.41, 5.74) is 2.57. The van der Waals surface area contributed by atoms with Crippen molar-refractivity contribution in [1.29, 1.82) is 0 Å². The number of rotatable bonds is 1. The quantitative estimate of drug-likeness (QED) is 0.821. The van der Waals surface area contributed by atoms with E-state index in [1.165, 1.54) is 24.0 Å². The van der Waals surface area contributed by atoms with Crippen molar-refractivity contribution in [3.8, 4) is 11.5 Å². The molecule has 1 saturated heterocycles. The summed E-state index contributed by atoms with van der Waals surface area (Å²) >= 11 is 0. The molecule has 0 spiro atoms. The van der Waals surface area contributed by atoms with Gasteiger partial charge in [0.1, 0.15) is 6.10 Å². The minimum Gasteiger partial charge on any atom is -0.454 e. The largest absolute Gasteiger partial charge is 0.454 e. The van der Waals surface area contributed by atoms with Gasteiger partial charge in [-0.3, -0.25) is 0 Å². The zero-order valence-electron chi connectivity index (χ0n) is 10.3. The molecular formula is C14H17NO3. The van der Waals surface area contributed by atoms with E-state index in [1.54, 1.807) is 0 Å². The molecule has 0 amide bonds. The highest BCUT2D eigenvalue weighted by Gasteiger charge is 2.35. The fourth-order valence-corrected chi connectivity index (χ4v) is 3.23. The van der Waals surface area contributed by atoms with Gasteiger partial charge in [-0.05, 0) is 37.4 Å². The van der Waals surface area contributed by atoms with Gasteiger partial charge < -0.3 is 19.5 Å². The molecule has 4 rings (SSSR count). The second-order valence-corrected chi connectivity index (χ2v) is 5.12. The third-order valence-electron chi connectivity index (χ3n) is 4.09. The number of fused-ring (bicyclic) bond motifs is 3. The minimum atomic E-state index is 0.118. The summed E-state index contributed by atoms with van der Waals surface area (Å²) in [5, 5.41) is 3.54. The average molecular weight is 247 g/mol. The van der Waals surface area contributed by atoms with Crippen LogP contribution in [0.5, 0.6) is 11.5 Å². The summed E-state index contributed by atoms with van der Waals surface area (Å²) in [5.74, 6) is 1.77. The van der Waals surface area contributed by atoms with Gasteiger partial charge in [-0.15, -0.1) is 0 Å². The number of hydrogen-bond acceptors (Lipinski definition) is 4. The maximum Gasteiger partial charge on any atom is 0.231 e. The molecule has 4 nitrogen and oxygen atoms in total. The van der Waals surface area contributed by atoms with E-state index < -0.39 is 0 Å². The number of benzene rings is 1. The molecule has 0 bridgehead atoms. The fourth-order valence-electron chi connectivity index (χ4n) is 3.23. The molecule has 2 atom stereocenters. The lowest BCUT2D eigenvalue weighted by molar-refractivity contribution is 0.0179. The van der Waals surface area contributed by atoms with Gasteiger partial charge in [0.2, 0.25) is 6.79 Å². The monoisotopic (exact) mass is 247 g/mol. The van der Waals surface area contributed by atoms with Gasteiger partial charge in [-0.1, -0.05) is 6.07 Å². The summed E-state index contributed by atoms with van der Waals surface area (Å²) in [4.78, 5) is 0. The zero-order valence-corrected chi connectivity index (χ0v) is 10.3. The van der Waals surface area contributed by atoms with Crippen LogP contribution in [-0.4, -0.2) is 26.0 Å². The lowest BCUT2D eigenvalue weighted by Gasteiger charge is -2.31. The molecule has 0 aliphatic carbocycles. The topological polar surface area (TPSA) is 39.7 Å². The number of nitrogens with one attached hydrogen (secondary N) is 1. The van der Waals surface area contributed by atoms with Crippen LogP contribution in [0.4, 0.5) is 0 Å². The van der Waals surface area contributed by atoms with E-state index in [9.17, 15) is 0 Å². The van der Waals surface area contributed by atoms with Gasteiger partial charge in [0.05, 0.1) is 6.61 Å². The van der Waals surface area contributed by atoms with Gasteiger partial charge in [0, 0.05) is 11.6 Å². The molecule has 1 aromatic rings. The lowest BCUT2D eigenvalue weighted by Crippen LogP contribution is -2.34. The first kappa shape index (κ1) is 10.6. The maximum atomic E-state index is 6.02. The fraction of sp³-hybridized carbons (Fsp3) is 0.571. The Morgan fingerprint density at radius 2 is 2.22 bits per heavy atom. The Labute approximate surface area is 106 Å². The first-order valence-corrected chi connectivity index (χ1v) is 6.70. The van der Waals surface area contributed by atoms with E-state index in [0.29, 0.717) is 12.8 Å². The molecule has 4 heteroatoms. The van der Waals surface area contributed by atoms with Gasteiger partial charge in [-0.2, -0.15) is 0 Å². The first-order valence-electron chi connectivity index (χ1n) is 6.70. The molecule has 0 aromatic heterocycles. The van der Waals surface area contributed by atoms with Crippen LogP contribution in [0.3, 0.4) is 0 Å². The van der Waals surface area contributed by atoms with E-state index in [1.807, 2.05) is 6.07 Å². The standard InChI is InChI=1S/C14H17NO3/c1-2-10(15-6-1)13-12-9(5-7-16-13)3-4-11-14(12)18-8-17-11/h3-4,10,13,15H,1-2,5-8H2/t10-,13-/m0/s1. The van der Waals surface area contributed by atoms with E-state index in [2.05, 4.69) is 11.4 Å². The molecule has 0 unspecified atom stereocenters. The van der Waals surface area contributed by atoms with E-state index >= 15 is 0 Å². The molecule has 96 valence electrons. The molecule has 0 saturated carbocycles. The van der Waals surface area contributed by atoms with Crippen molar-refractivity contribution in [2.75, 3.05) is 19.9 Å². The average Bonchev–Trinajstić information content (AvgIpc) is 3.09. The van der Waals surface area contributed by atoms with Crippen LogP contribution in [0.25, 0.3) is 0 Å². The summed E-state index contributed by atoms with van der Waals surface area (Å²) < 4.78 is 17.1. The molecule has 3 aliphatic rings. The Kier molecular flexibility index (Phi) is 2.45. The predicted octanol–water partition coefficient (Wildman–Crippen LogP) is 1.78. The number of hydrogen-bond donors (Lipinski definition) is 1. The molecular weight excluding hydrogens is 230 g/mol. The highest BCUT2D eigenvalue weighted by atomic mass is 16.7. The first-order chi connectivity index (χ1) is 8.93. The zero-order chi connectivity index (χ0) is 11.9. The second kappa shape index (κ2) is 4.14. The second-order valence-electron chi connectivity index (χ2n) is 5.12. The predicted molar refractivity (Wildman–Crippen MR) is 66.0 cm³/mol. The Morgan fingerprint density at radius 1 is 1.22 bits per heavy atom. The van der Waals surface area contributed by atoms with Crippen LogP contribution < -0.4 is 14.8 Å². The summed E-state index contributed by atoms with van der Waals surface area (Å²) in [6.45, 7) is 2.22. The van der Waals surface area contributed by atoms with Crippen molar-refractivity contribution in [1.82, 2.24) is 5.32 Å².